The van der Waals surface area contributed by atoms with Crippen molar-refractivity contribution >= 4 is 11.9 Å². The van der Waals surface area contributed by atoms with Crippen LogP contribution in [-0.2, 0) is 19.1 Å². The van der Waals surface area contributed by atoms with Gasteiger partial charge in [-0.2, -0.15) is 0 Å². The summed E-state index contributed by atoms with van der Waals surface area (Å²) >= 11 is 0. The third-order valence-electron chi connectivity index (χ3n) is 1.28. The van der Waals surface area contributed by atoms with Crippen LogP contribution in [0.1, 0.15) is 13.3 Å². The lowest BCUT2D eigenvalue weighted by atomic mass is 10.2. The quantitative estimate of drug-likeness (QED) is 0.433. The predicted molar refractivity (Wildman–Crippen MR) is 35.4 cm³/mol. The first-order valence-corrected chi connectivity index (χ1v) is 3.33. The van der Waals surface area contributed by atoms with Gasteiger partial charge >= 0.3 is 17.9 Å². The standard InChI is InChI=1S/C6H9NO5/c1-6(10)11-4(8)2-3(7)5(9)12-6/h3,10H,2,7H2,1H3. The Morgan fingerprint density at radius 3 is 2.75 bits per heavy atom. The van der Waals surface area contributed by atoms with Gasteiger partial charge in [-0.05, 0) is 0 Å². The normalized spacial score (nSPS) is 36.8. The van der Waals surface area contributed by atoms with E-state index in [9.17, 15) is 9.59 Å². The van der Waals surface area contributed by atoms with Gasteiger partial charge in [0.05, 0.1) is 6.42 Å². The Morgan fingerprint density at radius 1 is 1.58 bits per heavy atom. The van der Waals surface area contributed by atoms with Gasteiger partial charge in [0.25, 0.3) is 0 Å². The molecule has 68 valence electrons. The zero-order valence-corrected chi connectivity index (χ0v) is 6.44. The topological polar surface area (TPSA) is 98.9 Å². The van der Waals surface area contributed by atoms with Crippen molar-refractivity contribution in [2.24, 2.45) is 5.73 Å². The molecule has 1 saturated heterocycles. The second-order valence-electron chi connectivity index (χ2n) is 2.60. The third-order valence-corrected chi connectivity index (χ3v) is 1.28. The molecule has 0 aliphatic carbocycles. The lowest BCUT2D eigenvalue weighted by molar-refractivity contribution is -0.309. The third kappa shape index (κ3) is 1.93. The van der Waals surface area contributed by atoms with Crippen molar-refractivity contribution in [3.63, 3.8) is 0 Å². The van der Waals surface area contributed by atoms with Gasteiger partial charge in [0.1, 0.15) is 6.04 Å². The van der Waals surface area contributed by atoms with Crippen molar-refractivity contribution in [3.8, 4) is 0 Å². The largest absolute Gasteiger partial charge is 0.398 e. The maximum absolute atomic E-state index is 10.8. The molecule has 1 aliphatic rings. The zero-order chi connectivity index (χ0) is 9.35. The summed E-state index contributed by atoms with van der Waals surface area (Å²) in [5.41, 5.74) is 5.20. The van der Waals surface area contributed by atoms with Crippen LogP contribution in [0.2, 0.25) is 0 Å². The molecule has 0 aromatic heterocycles. The van der Waals surface area contributed by atoms with E-state index < -0.39 is 24.0 Å². The minimum atomic E-state index is -2.19. The molecule has 6 heteroatoms. The summed E-state index contributed by atoms with van der Waals surface area (Å²) in [5.74, 6) is -3.81. The minimum Gasteiger partial charge on any atom is -0.398 e. The summed E-state index contributed by atoms with van der Waals surface area (Å²) in [6.07, 6.45) is -0.283. The Kier molecular flexibility index (Phi) is 2.03. The van der Waals surface area contributed by atoms with Gasteiger partial charge < -0.3 is 20.3 Å². The molecule has 3 N–H and O–H groups in total. The molecule has 0 aromatic rings. The molecule has 1 aliphatic heterocycles. The van der Waals surface area contributed by atoms with E-state index in [0.29, 0.717) is 0 Å². The lowest BCUT2D eigenvalue weighted by Gasteiger charge is -2.19. The molecule has 0 saturated carbocycles. The number of ether oxygens (including phenoxy) is 2. The van der Waals surface area contributed by atoms with Gasteiger partial charge in [-0.3, -0.25) is 9.59 Å². The Labute approximate surface area is 68.2 Å². The Morgan fingerprint density at radius 2 is 2.17 bits per heavy atom. The monoisotopic (exact) mass is 175 g/mol. The number of aliphatic hydroxyl groups is 1. The molecular weight excluding hydrogens is 166 g/mol. The zero-order valence-electron chi connectivity index (χ0n) is 6.44. The summed E-state index contributed by atoms with van der Waals surface area (Å²) < 4.78 is 8.66. The van der Waals surface area contributed by atoms with Gasteiger partial charge in [-0.1, -0.05) is 0 Å². The van der Waals surface area contributed by atoms with Crippen LogP contribution in [0.4, 0.5) is 0 Å². The maximum Gasteiger partial charge on any atom is 0.370 e. The average Bonchev–Trinajstić information content (AvgIpc) is 1.89. The maximum atomic E-state index is 10.8. The Hall–Kier alpha value is -1.14. The number of cyclic esters (lactones) is 2. The first-order chi connectivity index (χ1) is 5.41. The van der Waals surface area contributed by atoms with Crippen LogP contribution in [0.15, 0.2) is 0 Å². The number of carbonyl (C=O) groups is 2. The van der Waals surface area contributed by atoms with Crippen LogP contribution < -0.4 is 5.73 Å². The second-order valence-corrected chi connectivity index (χ2v) is 2.60. The average molecular weight is 175 g/mol. The summed E-state index contributed by atoms with van der Waals surface area (Å²) in [7, 11) is 0. The van der Waals surface area contributed by atoms with E-state index in [1.807, 2.05) is 0 Å². The fourth-order valence-electron chi connectivity index (χ4n) is 0.799. The molecule has 2 atom stereocenters. The first-order valence-electron chi connectivity index (χ1n) is 3.33. The summed E-state index contributed by atoms with van der Waals surface area (Å²) in [5, 5.41) is 9.07. The van der Waals surface area contributed by atoms with E-state index in [2.05, 4.69) is 9.47 Å². The van der Waals surface area contributed by atoms with E-state index >= 15 is 0 Å². The molecule has 1 heterocycles. The SMILES string of the molecule is CC1(O)OC(=O)CC(N)C(=O)O1. The number of esters is 2. The van der Waals surface area contributed by atoms with Gasteiger partial charge in [0.2, 0.25) is 0 Å². The number of nitrogens with two attached hydrogens (primary N) is 1. The van der Waals surface area contributed by atoms with Crippen molar-refractivity contribution in [2.45, 2.75) is 25.4 Å². The molecule has 0 amide bonds. The van der Waals surface area contributed by atoms with Crippen molar-refractivity contribution in [1.29, 1.82) is 0 Å². The van der Waals surface area contributed by atoms with Crippen LogP contribution in [-0.4, -0.2) is 29.1 Å². The van der Waals surface area contributed by atoms with Crippen LogP contribution >= 0.6 is 0 Å². The molecule has 1 rings (SSSR count). The van der Waals surface area contributed by atoms with Crippen LogP contribution in [0.3, 0.4) is 0 Å². The first kappa shape index (κ1) is 8.95. The molecule has 0 radical (unpaired) electrons. The van der Waals surface area contributed by atoms with E-state index in [0.717, 1.165) is 6.92 Å². The second kappa shape index (κ2) is 2.72. The molecule has 0 bridgehead atoms. The molecule has 0 spiro atoms. The molecule has 6 nitrogen and oxygen atoms in total. The minimum absolute atomic E-state index is 0.283. The van der Waals surface area contributed by atoms with Crippen molar-refractivity contribution in [2.75, 3.05) is 0 Å². The van der Waals surface area contributed by atoms with E-state index in [1.165, 1.54) is 0 Å². The van der Waals surface area contributed by atoms with E-state index in [-0.39, 0.29) is 6.42 Å². The van der Waals surface area contributed by atoms with Crippen molar-refractivity contribution in [3.05, 3.63) is 0 Å². The Balaban J connectivity index is 2.80. The highest BCUT2D eigenvalue weighted by atomic mass is 16.8. The van der Waals surface area contributed by atoms with Crippen LogP contribution in [0, 0.1) is 0 Å². The number of rotatable bonds is 0. The molecule has 2 unspecified atom stereocenters. The fourth-order valence-corrected chi connectivity index (χ4v) is 0.799. The van der Waals surface area contributed by atoms with E-state index in [4.69, 9.17) is 10.8 Å². The molecule has 12 heavy (non-hydrogen) atoms. The van der Waals surface area contributed by atoms with Crippen LogP contribution in [0.25, 0.3) is 0 Å². The van der Waals surface area contributed by atoms with Gasteiger partial charge in [-0.25, -0.2) is 0 Å². The highest BCUT2D eigenvalue weighted by molar-refractivity contribution is 5.84. The molecular formula is C6H9NO5. The number of carbonyl (C=O) groups excluding carboxylic acids is 2. The van der Waals surface area contributed by atoms with Crippen LogP contribution in [0.5, 0.6) is 0 Å². The predicted octanol–water partition coefficient (Wildman–Crippen LogP) is -1.53. The Bertz CT molecular complexity index is 224. The van der Waals surface area contributed by atoms with Crippen molar-refractivity contribution in [1.82, 2.24) is 0 Å². The highest BCUT2D eigenvalue weighted by Gasteiger charge is 2.37. The van der Waals surface area contributed by atoms with E-state index in [1.54, 1.807) is 0 Å². The smallest absolute Gasteiger partial charge is 0.370 e. The molecule has 1 fully saturated rings. The highest BCUT2D eigenvalue weighted by Crippen LogP contribution is 2.15. The lowest BCUT2D eigenvalue weighted by Crippen LogP contribution is -2.37. The van der Waals surface area contributed by atoms with Gasteiger partial charge in [0, 0.05) is 6.92 Å². The molecule has 0 aromatic carbocycles. The van der Waals surface area contributed by atoms with Gasteiger partial charge in [-0.15, -0.1) is 0 Å². The fraction of sp³-hybridized carbons (Fsp3) is 0.667. The summed E-state index contributed by atoms with van der Waals surface area (Å²) in [6, 6.07) is -1.06. The number of hydrogen-bond acceptors (Lipinski definition) is 6. The van der Waals surface area contributed by atoms with Gasteiger partial charge in [0.15, 0.2) is 0 Å². The summed E-state index contributed by atoms with van der Waals surface area (Å²) in [6.45, 7) is 1.04. The van der Waals surface area contributed by atoms with Crippen molar-refractivity contribution < 1.29 is 24.2 Å². The summed E-state index contributed by atoms with van der Waals surface area (Å²) in [4.78, 5) is 21.6. The number of hydrogen-bond donors (Lipinski definition) is 2.